The van der Waals surface area contributed by atoms with Gasteiger partial charge in [0, 0.05) is 13.0 Å². The molecule has 1 heterocycles. The molecule has 0 radical (unpaired) electrons. The summed E-state index contributed by atoms with van der Waals surface area (Å²) in [4.78, 5) is 23.0. The van der Waals surface area contributed by atoms with E-state index in [2.05, 4.69) is 5.32 Å². The molecule has 0 atom stereocenters. The lowest BCUT2D eigenvalue weighted by atomic mass is 10.1. The predicted molar refractivity (Wildman–Crippen MR) is 81.1 cm³/mol. The van der Waals surface area contributed by atoms with Crippen molar-refractivity contribution in [3.05, 3.63) is 59.8 Å². The SMILES string of the molecule is O=C(COC(=O)CCc1ccco1)NCCc1ccccc1F. The van der Waals surface area contributed by atoms with Gasteiger partial charge in [-0.15, -0.1) is 0 Å². The van der Waals surface area contributed by atoms with Crippen molar-refractivity contribution in [2.45, 2.75) is 19.3 Å². The van der Waals surface area contributed by atoms with E-state index in [-0.39, 0.29) is 25.4 Å². The quantitative estimate of drug-likeness (QED) is 0.758. The summed E-state index contributed by atoms with van der Waals surface area (Å²) in [5.74, 6) is -0.485. The van der Waals surface area contributed by atoms with E-state index in [4.69, 9.17) is 9.15 Å². The highest BCUT2D eigenvalue weighted by molar-refractivity contribution is 5.80. The number of esters is 1. The number of aryl methyl sites for hydroxylation is 1. The summed E-state index contributed by atoms with van der Waals surface area (Å²) < 4.78 is 23.3. The van der Waals surface area contributed by atoms with E-state index < -0.39 is 11.9 Å². The molecule has 0 aliphatic carbocycles. The van der Waals surface area contributed by atoms with Crippen LogP contribution in [0.1, 0.15) is 17.7 Å². The number of amides is 1. The smallest absolute Gasteiger partial charge is 0.306 e. The maximum absolute atomic E-state index is 13.4. The second kappa shape index (κ2) is 8.73. The van der Waals surface area contributed by atoms with Crippen LogP contribution in [0.5, 0.6) is 0 Å². The number of hydrogen-bond acceptors (Lipinski definition) is 4. The van der Waals surface area contributed by atoms with Crippen molar-refractivity contribution < 1.29 is 23.1 Å². The molecule has 0 saturated carbocycles. The monoisotopic (exact) mass is 319 g/mol. The fourth-order valence-corrected chi connectivity index (χ4v) is 1.99. The largest absolute Gasteiger partial charge is 0.469 e. The fraction of sp³-hybridized carbons (Fsp3) is 0.294. The lowest BCUT2D eigenvalue weighted by Gasteiger charge is -2.07. The van der Waals surface area contributed by atoms with E-state index in [9.17, 15) is 14.0 Å². The van der Waals surface area contributed by atoms with Crippen LogP contribution in [0.15, 0.2) is 47.1 Å². The third kappa shape index (κ3) is 5.94. The number of ether oxygens (including phenoxy) is 1. The van der Waals surface area contributed by atoms with Gasteiger partial charge in [-0.05, 0) is 30.2 Å². The molecule has 2 aromatic rings. The van der Waals surface area contributed by atoms with Crippen molar-refractivity contribution in [2.24, 2.45) is 0 Å². The molecule has 0 saturated heterocycles. The molecule has 0 aliphatic rings. The fourth-order valence-electron chi connectivity index (χ4n) is 1.99. The van der Waals surface area contributed by atoms with Gasteiger partial charge in [-0.1, -0.05) is 18.2 Å². The molecule has 5 nitrogen and oxygen atoms in total. The van der Waals surface area contributed by atoms with E-state index in [1.807, 2.05) is 0 Å². The Morgan fingerprint density at radius 2 is 1.96 bits per heavy atom. The minimum atomic E-state index is -0.467. The van der Waals surface area contributed by atoms with Crippen molar-refractivity contribution in [3.63, 3.8) is 0 Å². The van der Waals surface area contributed by atoms with Crippen molar-refractivity contribution in [3.8, 4) is 0 Å². The molecule has 122 valence electrons. The van der Waals surface area contributed by atoms with Gasteiger partial charge in [-0.3, -0.25) is 9.59 Å². The second-order valence-electron chi connectivity index (χ2n) is 4.93. The molecule has 0 spiro atoms. The number of halogens is 1. The second-order valence-corrected chi connectivity index (χ2v) is 4.93. The summed E-state index contributed by atoms with van der Waals surface area (Å²) in [5.41, 5.74) is 0.531. The molecule has 0 aliphatic heterocycles. The Bertz CT molecular complexity index is 640. The van der Waals surface area contributed by atoms with Crippen LogP contribution in [-0.2, 0) is 27.2 Å². The first-order chi connectivity index (χ1) is 11.1. The van der Waals surface area contributed by atoms with Crippen molar-refractivity contribution in [1.82, 2.24) is 5.32 Å². The maximum atomic E-state index is 13.4. The van der Waals surface area contributed by atoms with Gasteiger partial charge >= 0.3 is 5.97 Å². The van der Waals surface area contributed by atoms with Gasteiger partial charge in [0.2, 0.25) is 0 Å². The third-order valence-corrected chi connectivity index (χ3v) is 3.19. The highest BCUT2D eigenvalue weighted by atomic mass is 19.1. The molecule has 6 heteroatoms. The van der Waals surface area contributed by atoms with E-state index in [1.54, 1.807) is 30.3 Å². The molecule has 23 heavy (non-hydrogen) atoms. The Hall–Kier alpha value is -2.63. The Labute approximate surface area is 133 Å². The lowest BCUT2D eigenvalue weighted by Crippen LogP contribution is -2.30. The average molecular weight is 319 g/mol. The lowest BCUT2D eigenvalue weighted by molar-refractivity contribution is -0.148. The topological polar surface area (TPSA) is 68.5 Å². The molecule has 0 fully saturated rings. The summed E-state index contributed by atoms with van der Waals surface area (Å²) in [6, 6.07) is 9.89. The van der Waals surface area contributed by atoms with E-state index in [0.717, 1.165) is 0 Å². The van der Waals surface area contributed by atoms with Gasteiger partial charge < -0.3 is 14.5 Å². The van der Waals surface area contributed by atoms with Gasteiger partial charge in [-0.2, -0.15) is 0 Å². The molecular formula is C17H18FNO4. The summed E-state index contributed by atoms with van der Waals surface area (Å²) in [6.45, 7) is -0.0576. The number of furan rings is 1. The Morgan fingerprint density at radius 3 is 2.70 bits per heavy atom. The van der Waals surface area contributed by atoms with Gasteiger partial charge in [0.05, 0.1) is 12.7 Å². The van der Waals surface area contributed by atoms with Gasteiger partial charge in [-0.25, -0.2) is 4.39 Å². The number of rotatable bonds is 8. The highest BCUT2D eigenvalue weighted by Crippen LogP contribution is 2.06. The molecule has 0 unspecified atom stereocenters. The molecule has 1 aromatic heterocycles. The number of hydrogen-bond donors (Lipinski definition) is 1. The van der Waals surface area contributed by atoms with Crippen molar-refractivity contribution in [1.29, 1.82) is 0 Å². The van der Waals surface area contributed by atoms with Crippen molar-refractivity contribution in [2.75, 3.05) is 13.2 Å². The Kier molecular flexibility index (Phi) is 6.35. The summed E-state index contributed by atoms with van der Waals surface area (Å²) in [5, 5.41) is 2.58. The van der Waals surface area contributed by atoms with E-state index >= 15 is 0 Å². The standard InChI is InChI=1S/C17H18FNO4/c18-15-6-2-1-4-13(15)9-10-19-16(20)12-23-17(21)8-7-14-5-3-11-22-14/h1-6,11H,7-10,12H2,(H,19,20). The van der Waals surface area contributed by atoms with E-state index in [0.29, 0.717) is 24.2 Å². The predicted octanol–water partition coefficient (Wildman–Crippen LogP) is 2.25. The minimum absolute atomic E-state index is 0.149. The molecule has 1 amide bonds. The van der Waals surface area contributed by atoms with Gasteiger partial charge in [0.1, 0.15) is 11.6 Å². The normalized spacial score (nSPS) is 10.3. The number of carbonyl (C=O) groups is 2. The zero-order valence-corrected chi connectivity index (χ0v) is 12.6. The van der Waals surface area contributed by atoms with Crippen LogP contribution < -0.4 is 5.32 Å². The van der Waals surface area contributed by atoms with Crippen LogP contribution in [-0.4, -0.2) is 25.0 Å². The summed E-state index contributed by atoms with van der Waals surface area (Å²) >= 11 is 0. The van der Waals surface area contributed by atoms with Crippen LogP contribution in [0.3, 0.4) is 0 Å². The number of carbonyl (C=O) groups excluding carboxylic acids is 2. The van der Waals surface area contributed by atoms with E-state index in [1.165, 1.54) is 12.3 Å². The average Bonchev–Trinajstić information content (AvgIpc) is 3.06. The zero-order chi connectivity index (χ0) is 16.5. The van der Waals surface area contributed by atoms with Gasteiger partial charge in [0.25, 0.3) is 5.91 Å². The number of nitrogens with one attached hydrogen (secondary N) is 1. The third-order valence-electron chi connectivity index (χ3n) is 3.19. The van der Waals surface area contributed by atoms with Crippen LogP contribution in [0.2, 0.25) is 0 Å². The molecule has 2 rings (SSSR count). The molecule has 1 N–H and O–H groups in total. The van der Waals surface area contributed by atoms with Crippen LogP contribution in [0.25, 0.3) is 0 Å². The molecule has 0 bridgehead atoms. The first-order valence-electron chi connectivity index (χ1n) is 7.33. The van der Waals surface area contributed by atoms with Gasteiger partial charge in [0.15, 0.2) is 6.61 Å². The maximum Gasteiger partial charge on any atom is 0.306 e. The highest BCUT2D eigenvalue weighted by Gasteiger charge is 2.09. The Balaban J connectivity index is 1.59. The first kappa shape index (κ1) is 16.7. The Morgan fingerprint density at radius 1 is 1.13 bits per heavy atom. The van der Waals surface area contributed by atoms with Crippen LogP contribution in [0.4, 0.5) is 4.39 Å². The number of benzene rings is 1. The van der Waals surface area contributed by atoms with Crippen LogP contribution in [0, 0.1) is 5.82 Å². The first-order valence-corrected chi connectivity index (χ1v) is 7.33. The summed E-state index contributed by atoms with van der Waals surface area (Å²) in [7, 11) is 0. The molecule has 1 aromatic carbocycles. The van der Waals surface area contributed by atoms with Crippen molar-refractivity contribution >= 4 is 11.9 Å². The minimum Gasteiger partial charge on any atom is -0.469 e. The molecular weight excluding hydrogens is 301 g/mol. The summed E-state index contributed by atoms with van der Waals surface area (Å²) in [6.07, 6.45) is 2.49. The van der Waals surface area contributed by atoms with Crippen LogP contribution >= 0.6 is 0 Å². The zero-order valence-electron chi connectivity index (χ0n) is 12.6.